The van der Waals surface area contributed by atoms with Crippen LogP contribution in [0.5, 0.6) is 0 Å². The first kappa shape index (κ1) is 18.7. The maximum Gasteiger partial charge on any atom is 0.341 e. The van der Waals surface area contributed by atoms with Gasteiger partial charge in [0.05, 0.1) is 0 Å². The molecule has 0 heterocycles. The second-order valence-electron chi connectivity index (χ2n) is 7.24. The Labute approximate surface area is 141 Å². The fourth-order valence-electron chi connectivity index (χ4n) is 3.92. The average Bonchev–Trinajstić information content (AvgIpc) is 2.61. The van der Waals surface area contributed by atoms with Gasteiger partial charge in [-0.3, -0.25) is 0 Å². The highest BCUT2D eigenvalue weighted by Crippen LogP contribution is 2.30. The molecule has 4 N–H and O–H groups in total. The third-order valence-electron chi connectivity index (χ3n) is 5.34. The maximum atomic E-state index is 12.4. The molecule has 2 fully saturated rings. The van der Waals surface area contributed by atoms with Gasteiger partial charge in [-0.05, 0) is 45.1 Å². The number of hydrogen-bond acceptors (Lipinski definition) is 5. The van der Waals surface area contributed by atoms with Crippen LogP contribution < -0.4 is 11.5 Å². The van der Waals surface area contributed by atoms with Crippen molar-refractivity contribution in [3.05, 3.63) is 0 Å². The van der Waals surface area contributed by atoms with Gasteiger partial charge in [-0.25, -0.2) is 4.79 Å². The Morgan fingerprint density at radius 2 is 1.48 bits per heavy atom. The van der Waals surface area contributed by atoms with E-state index in [4.69, 9.17) is 16.3 Å². The molecule has 0 aromatic carbocycles. The van der Waals surface area contributed by atoms with Crippen LogP contribution in [0.3, 0.4) is 0 Å². The van der Waals surface area contributed by atoms with Crippen molar-refractivity contribution in [3.63, 3.8) is 0 Å². The molecular formula is C18H35N3O2. The minimum atomic E-state index is -0.517. The predicted molar refractivity (Wildman–Crippen MR) is 92.6 cm³/mol. The van der Waals surface area contributed by atoms with E-state index in [0.29, 0.717) is 25.0 Å². The molecule has 0 bridgehead atoms. The largest absolute Gasteiger partial charge is 0.366 e. The van der Waals surface area contributed by atoms with Crippen molar-refractivity contribution in [2.24, 2.45) is 11.5 Å². The van der Waals surface area contributed by atoms with Crippen LogP contribution in [0.15, 0.2) is 0 Å². The Bertz CT molecular complexity index is 321. The zero-order valence-corrected chi connectivity index (χ0v) is 14.5. The molecule has 5 nitrogen and oxygen atoms in total. The fraction of sp³-hybridized carbons (Fsp3) is 0.944. The standard InChI is InChI=1S/C18H35N3O2/c19-14-8-7-13-17(20)18(22)23-21(15-9-3-1-4-10-15)16-11-5-2-6-12-16/h15-17H,1-14,19-20H2/t17-/m0/s1. The van der Waals surface area contributed by atoms with E-state index < -0.39 is 6.04 Å². The molecule has 2 rings (SSSR count). The first-order chi connectivity index (χ1) is 11.2. The van der Waals surface area contributed by atoms with Crippen molar-refractivity contribution in [2.75, 3.05) is 6.54 Å². The Balaban J connectivity index is 1.91. The van der Waals surface area contributed by atoms with Crippen LogP contribution in [-0.2, 0) is 9.63 Å². The van der Waals surface area contributed by atoms with E-state index in [9.17, 15) is 4.79 Å². The summed E-state index contributed by atoms with van der Waals surface area (Å²) in [6, 6.07) is 0.273. The van der Waals surface area contributed by atoms with Gasteiger partial charge in [-0.1, -0.05) is 44.9 Å². The molecule has 0 aromatic rings. The fourth-order valence-corrected chi connectivity index (χ4v) is 3.92. The molecule has 23 heavy (non-hydrogen) atoms. The highest BCUT2D eigenvalue weighted by atomic mass is 16.7. The summed E-state index contributed by atoms with van der Waals surface area (Å²) < 4.78 is 0. The SMILES string of the molecule is NCCCC[C@H](N)C(=O)ON(C1CCCCC1)C1CCCCC1. The molecule has 0 aromatic heterocycles. The summed E-state index contributed by atoms with van der Waals surface area (Å²) in [6.07, 6.45) is 14.6. The molecule has 2 aliphatic rings. The molecule has 0 spiro atoms. The first-order valence-corrected chi connectivity index (χ1v) is 9.68. The van der Waals surface area contributed by atoms with Gasteiger partial charge < -0.3 is 16.3 Å². The molecule has 1 atom stereocenters. The monoisotopic (exact) mass is 325 g/mol. The van der Waals surface area contributed by atoms with Crippen LogP contribution in [0.1, 0.15) is 83.5 Å². The number of carbonyl (C=O) groups is 1. The molecule has 2 aliphatic carbocycles. The van der Waals surface area contributed by atoms with Crippen molar-refractivity contribution >= 4 is 5.97 Å². The Morgan fingerprint density at radius 1 is 0.957 bits per heavy atom. The Hall–Kier alpha value is -0.650. The smallest absolute Gasteiger partial charge is 0.341 e. The molecular weight excluding hydrogens is 290 g/mol. The van der Waals surface area contributed by atoms with Gasteiger partial charge in [-0.15, -0.1) is 5.06 Å². The lowest BCUT2D eigenvalue weighted by Crippen LogP contribution is -2.48. The molecule has 0 amide bonds. The minimum absolute atomic E-state index is 0.252. The van der Waals surface area contributed by atoms with Crippen LogP contribution in [0.4, 0.5) is 0 Å². The van der Waals surface area contributed by atoms with Gasteiger partial charge in [0.25, 0.3) is 0 Å². The second-order valence-corrected chi connectivity index (χ2v) is 7.24. The summed E-state index contributed by atoms with van der Waals surface area (Å²) in [5.74, 6) is -0.252. The van der Waals surface area contributed by atoms with Crippen molar-refractivity contribution in [1.29, 1.82) is 0 Å². The Morgan fingerprint density at radius 3 is 1.96 bits per heavy atom. The molecule has 0 saturated heterocycles. The molecule has 5 heteroatoms. The number of hydrogen-bond donors (Lipinski definition) is 2. The summed E-state index contributed by atoms with van der Waals surface area (Å²) >= 11 is 0. The quantitative estimate of drug-likeness (QED) is 0.530. The van der Waals surface area contributed by atoms with Crippen molar-refractivity contribution in [2.45, 2.75) is 102 Å². The zero-order valence-electron chi connectivity index (χ0n) is 14.5. The van der Waals surface area contributed by atoms with E-state index in [-0.39, 0.29) is 5.97 Å². The summed E-state index contributed by atoms with van der Waals surface area (Å²) in [5, 5.41) is 2.06. The highest BCUT2D eigenvalue weighted by Gasteiger charge is 2.33. The summed E-state index contributed by atoms with van der Waals surface area (Å²) in [7, 11) is 0. The highest BCUT2D eigenvalue weighted by molar-refractivity contribution is 5.75. The average molecular weight is 325 g/mol. The number of carbonyl (C=O) groups excluding carboxylic acids is 1. The molecule has 0 unspecified atom stereocenters. The van der Waals surface area contributed by atoms with E-state index >= 15 is 0 Å². The topological polar surface area (TPSA) is 81.6 Å². The number of nitrogens with zero attached hydrogens (tertiary/aromatic N) is 1. The second kappa shape index (κ2) is 10.3. The third kappa shape index (κ3) is 6.05. The molecule has 0 aliphatic heterocycles. The van der Waals surface area contributed by atoms with E-state index in [1.54, 1.807) is 0 Å². The molecule has 134 valence electrons. The van der Waals surface area contributed by atoms with E-state index in [2.05, 4.69) is 5.06 Å². The maximum absolute atomic E-state index is 12.4. The number of unbranched alkanes of at least 4 members (excludes halogenated alkanes) is 1. The van der Waals surface area contributed by atoms with E-state index in [0.717, 1.165) is 38.5 Å². The van der Waals surface area contributed by atoms with Gasteiger partial charge in [0, 0.05) is 12.1 Å². The van der Waals surface area contributed by atoms with Crippen molar-refractivity contribution in [3.8, 4) is 0 Å². The number of nitrogens with two attached hydrogens (primary N) is 2. The Kier molecular flexibility index (Phi) is 8.34. The summed E-state index contributed by atoms with van der Waals surface area (Å²) in [5.41, 5.74) is 11.5. The molecule has 0 radical (unpaired) electrons. The van der Waals surface area contributed by atoms with E-state index in [1.807, 2.05) is 0 Å². The first-order valence-electron chi connectivity index (χ1n) is 9.68. The lowest BCUT2D eigenvalue weighted by molar-refractivity contribution is -0.224. The van der Waals surface area contributed by atoms with Crippen LogP contribution >= 0.6 is 0 Å². The van der Waals surface area contributed by atoms with E-state index in [1.165, 1.54) is 38.5 Å². The lowest BCUT2D eigenvalue weighted by atomic mass is 9.90. The van der Waals surface area contributed by atoms with Crippen LogP contribution in [0.2, 0.25) is 0 Å². The number of rotatable bonds is 8. The van der Waals surface area contributed by atoms with Gasteiger partial charge >= 0.3 is 5.97 Å². The van der Waals surface area contributed by atoms with Gasteiger partial charge in [-0.2, -0.15) is 0 Å². The number of hydroxylamine groups is 2. The summed E-state index contributed by atoms with van der Waals surface area (Å²) in [4.78, 5) is 18.3. The van der Waals surface area contributed by atoms with Crippen LogP contribution in [-0.4, -0.2) is 35.7 Å². The lowest BCUT2D eigenvalue weighted by Gasteiger charge is -2.39. The van der Waals surface area contributed by atoms with Gasteiger partial charge in [0.15, 0.2) is 0 Å². The zero-order chi connectivity index (χ0) is 16.5. The van der Waals surface area contributed by atoms with Crippen molar-refractivity contribution in [1.82, 2.24) is 5.06 Å². The summed E-state index contributed by atoms with van der Waals surface area (Å²) in [6.45, 7) is 0.651. The predicted octanol–water partition coefficient (Wildman–Crippen LogP) is 2.87. The van der Waals surface area contributed by atoms with Gasteiger partial charge in [0.1, 0.15) is 6.04 Å². The third-order valence-corrected chi connectivity index (χ3v) is 5.34. The molecule has 2 saturated carbocycles. The van der Waals surface area contributed by atoms with Crippen molar-refractivity contribution < 1.29 is 9.63 Å². The normalized spacial score (nSPS) is 22.2. The van der Waals surface area contributed by atoms with Crippen LogP contribution in [0.25, 0.3) is 0 Å². The minimum Gasteiger partial charge on any atom is -0.366 e. The van der Waals surface area contributed by atoms with Crippen LogP contribution in [0, 0.1) is 0 Å². The van der Waals surface area contributed by atoms with Gasteiger partial charge in [0.2, 0.25) is 0 Å².